The van der Waals surface area contributed by atoms with Crippen molar-refractivity contribution < 1.29 is 14.3 Å². The Bertz CT molecular complexity index is 1190. The number of carbonyl (C=O) groups excluding carboxylic acids is 2. The maximum atomic E-state index is 12.9. The zero-order chi connectivity index (χ0) is 20.8. The fourth-order valence-electron chi connectivity index (χ4n) is 4.12. The van der Waals surface area contributed by atoms with E-state index in [1.165, 1.54) is 18.4 Å². The van der Waals surface area contributed by atoms with Gasteiger partial charge < -0.3 is 15.8 Å². The number of carbonyl (C=O) groups is 2. The molecule has 3 N–H and O–H groups in total. The summed E-state index contributed by atoms with van der Waals surface area (Å²) in [6, 6.07) is 15.1. The van der Waals surface area contributed by atoms with E-state index in [4.69, 9.17) is 22.1 Å². The Balaban J connectivity index is 1.36. The molecule has 5 rings (SSSR count). The third-order valence-electron chi connectivity index (χ3n) is 5.92. The molecule has 152 valence electrons. The van der Waals surface area contributed by atoms with E-state index < -0.39 is 5.91 Å². The number of nitrogens with one attached hydrogen (secondary N) is 1. The van der Waals surface area contributed by atoms with Gasteiger partial charge in [-0.25, -0.2) is 0 Å². The topological polar surface area (TPSA) is 81.4 Å². The molecule has 0 saturated heterocycles. The van der Waals surface area contributed by atoms with E-state index in [-0.39, 0.29) is 23.9 Å². The quantitative estimate of drug-likeness (QED) is 0.609. The molecular weight excluding hydrogens is 400 g/mol. The first-order valence-electron chi connectivity index (χ1n) is 10.1. The molecule has 0 radical (unpaired) electrons. The van der Waals surface area contributed by atoms with Crippen LogP contribution in [0.1, 0.15) is 46.2 Å². The number of ketones is 1. The van der Waals surface area contributed by atoms with Gasteiger partial charge in [0.2, 0.25) is 0 Å². The number of primary amides is 1. The van der Waals surface area contributed by atoms with Crippen molar-refractivity contribution in [2.45, 2.75) is 24.7 Å². The normalized spacial score (nSPS) is 17.4. The molecule has 3 aromatic rings. The van der Waals surface area contributed by atoms with Gasteiger partial charge in [0.15, 0.2) is 5.78 Å². The number of ether oxygens (including phenoxy) is 1. The molecule has 1 heterocycles. The van der Waals surface area contributed by atoms with E-state index in [1.807, 2.05) is 6.07 Å². The van der Waals surface area contributed by atoms with Crippen LogP contribution in [0.3, 0.4) is 0 Å². The van der Waals surface area contributed by atoms with Crippen LogP contribution in [-0.2, 0) is 4.79 Å². The summed E-state index contributed by atoms with van der Waals surface area (Å²) in [5.41, 5.74) is 9.16. The van der Waals surface area contributed by atoms with Gasteiger partial charge in [-0.2, -0.15) is 0 Å². The van der Waals surface area contributed by atoms with Crippen molar-refractivity contribution in [1.29, 1.82) is 0 Å². The predicted octanol–water partition coefficient (Wildman–Crippen LogP) is 4.63. The number of benzene rings is 3. The van der Waals surface area contributed by atoms with Gasteiger partial charge in [0, 0.05) is 17.3 Å². The molecule has 5 nitrogen and oxygen atoms in total. The lowest BCUT2D eigenvalue weighted by Gasteiger charge is -2.14. The maximum absolute atomic E-state index is 12.9. The molecule has 6 heteroatoms. The molecule has 30 heavy (non-hydrogen) atoms. The van der Waals surface area contributed by atoms with Crippen molar-refractivity contribution in [3.63, 3.8) is 0 Å². The third kappa shape index (κ3) is 3.50. The van der Waals surface area contributed by atoms with E-state index in [1.54, 1.807) is 24.3 Å². The number of rotatable bonds is 6. The summed E-state index contributed by atoms with van der Waals surface area (Å²) >= 11 is 6.04. The number of Topliss-reactive ketones (excluding diaryl/α,β-unsaturated/α-hetero) is 1. The van der Waals surface area contributed by atoms with Crippen LogP contribution in [0.5, 0.6) is 5.75 Å². The van der Waals surface area contributed by atoms with E-state index >= 15 is 0 Å². The molecule has 1 aliphatic heterocycles. The molecule has 1 unspecified atom stereocenters. The summed E-state index contributed by atoms with van der Waals surface area (Å²) in [5.74, 6) is 0.0718. The lowest BCUT2D eigenvalue weighted by molar-refractivity contribution is -0.122. The SMILES string of the molecule is NC(=O)c1cc2cc(Cl)ccc2cc1OCC(=O)C1CNc2cc(C3CC3)ccc21. The standard InChI is InChI=1S/C24H21ClN2O3/c25-17-5-3-15-10-23(19(24(26)29)8-16(15)7-17)30-12-22(28)20-11-27-21-9-14(13-1-2-13)4-6-18(20)21/h3-10,13,20,27H,1-2,11-12H2,(H2,26,29). The minimum Gasteiger partial charge on any atom is -0.485 e. The van der Waals surface area contributed by atoms with Crippen LogP contribution in [0.15, 0.2) is 48.5 Å². The number of fused-ring (bicyclic) bond motifs is 2. The lowest BCUT2D eigenvalue weighted by atomic mass is 9.95. The van der Waals surface area contributed by atoms with Crippen LogP contribution in [0.2, 0.25) is 5.02 Å². The van der Waals surface area contributed by atoms with Crippen molar-refractivity contribution >= 4 is 39.8 Å². The number of anilines is 1. The molecule has 1 atom stereocenters. The van der Waals surface area contributed by atoms with Gasteiger partial charge in [0.1, 0.15) is 12.4 Å². The summed E-state index contributed by atoms with van der Waals surface area (Å²) in [5, 5.41) is 5.56. The minimum absolute atomic E-state index is 0.0351. The number of hydrogen-bond donors (Lipinski definition) is 2. The molecule has 1 fully saturated rings. The highest BCUT2D eigenvalue weighted by Crippen LogP contribution is 2.43. The number of nitrogens with two attached hydrogens (primary N) is 1. The Hall–Kier alpha value is -3.05. The van der Waals surface area contributed by atoms with Crippen LogP contribution in [0, 0.1) is 0 Å². The average molecular weight is 421 g/mol. The first kappa shape index (κ1) is 18.9. The summed E-state index contributed by atoms with van der Waals surface area (Å²) in [7, 11) is 0. The average Bonchev–Trinajstić information content (AvgIpc) is 3.50. The van der Waals surface area contributed by atoms with Crippen molar-refractivity contribution in [3.05, 3.63) is 70.2 Å². The first-order chi connectivity index (χ1) is 14.5. The predicted molar refractivity (Wildman–Crippen MR) is 118 cm³/mol. The molecule has 0 aromatic heterocycles. The summed E-state index contributed by atoms with van der Waals surface area (Å²) < 4.78 is 5.79. The molecular formula is C24H21ClN2O3. The van der Waals surface area contributed by atoms with Crippen LogP contribution >= 0.6 is 11.6 Å². The Morgan fingerprint density at radius 1 is 1.07 bits per heavy atom. The van der Waals surface area contributed by atoms with Crippen molar-refractivity contribution in [2.24, 2.45) is 5.73 Å². The van der Waals surface area contributed by atoms with E-state index in [0.717, 1.165) is 22.0 Å². The number of hydrogen-bond acceptors (Lipinski definition) is 4. The number of halogens is 1. The Kier molecular flexibility index (Phi) is 4.63. The van der Waals surface area contributed by atoms with Gasteiger partial charge in [-0.05, 0) is 71.0 Å². The van der Waals surface area contributed by atoms with Gasteiger partial charge >= 0.3 is 0 Å². The van der Waals surface area contributed by atoms with E-state index in [9.17, 15) is 9.59 Å². The van der Waals surface area contributed by atoms with Gasteiger partial charge in [-0.3, -0.25) is 9.59 Å². The van der Waals surface area contributed by atoms with Crippen molar-refractivity contribution in [1.82, 2.24) is 0 Å². The minimum atomic E-state index is -0.611. The molecule has 0 bridgehead atoms. The molecule has 1 saturated carbocycles. The van der Waals surface area contributed by atoms with Crippen LogP contribution in [0.25, 0.3) is 10.8 Å². The molecule has 0 spiro atoms. The van der Waals surface area contributed by atoms with Crippen LogP contribution < -0.4 is 15.8 Å². The van der Waals surface area contributed by atoms with Crippen molar-refractivity contribution in [3.8, 4) is 5.75 Å². The highest BCUT2D eigenvalue weighted by Gasteiger charge is 2.31. The summed E-state index contributed by atoms with van der Waals surface area (Å²) in [6.07, 6.45) is 2.49. The zero-order valence-electron chi connectivity index (χ0n) is 16.3. The summed E-state index contributed by atoms with van der Waals surface area (Å²) in [4.78, 5) is 24.8. The fourth-order valence-corrected chi connectivity index (χ4v) is 4.30. The number of amides is 1. The highest BCUT2D eigenvalue weighted by atomic mass is 35.5. The first-order valence-corrected chi connectivity index (χ1v) is 10.4. The molecule has 1 amide bonds. The Labute approximate surface area is 179 Å². The molecule has 2 aliphatic rings. The maximum Gasteiger partial charge on any atom is 0.252 e. The van der Waals surface area contributed by atoms with E-state index in [2.05, 4.69) is 23.5 Å². The van der Waals surface area contributed by atoms with Gasteiger partial charge in [-0.1, -0.05) is 29.8 Å². The monoisotopic (exact) mass is 420 g/mol. The fraction of sp³-hybridized carbons (Fsp3) is 0.250. The smallest absolute Gasteiger partial charge is 0.252 e. The van der Waals surface area contributed by atoms with Crippen LogP contribution in [0.4, 0.5) is 5.69 Å². The van der Waals surface area contributed by atoms with Crippen molar-refractivity contribution in [2.75, 3.05) is 18.5 Å². The third-order valence-corrected chi connectivity index (χ3v) is 6.16. The second-order valence-electron chi connectivity index (χ2n) is 8.01. The van der Waals surface area contributed by atoms with Crippen LogP contribution in [-0.4, -0.2) is 24.8 Å². The summed E-state index contributed by atoms with van der Waals surface area (Å²) in [6.45, 7) is 0.431. The molecule has 1 aliphatic carbocycles. The van der Waals surface area contributed by atoms with Gasteiger partial charge in [-0.15, -0.1) is 0 Å². The largest absolute Gasteiger partial charge is 0.485 e. The lowest BCUT2D eigenvalue weighted by Crippen LogP contribution is -2.22. The Morgan fingerprint density at radius 3 is 2.67 bits per heavy atom. The van der Waals surface area contributed by atoms with E-state index in [0.29, 0.717) is 23.2 Å². The second kappa shape index (κ2) is 7.33. The van der Waals surface area contributed by atoms with Gasteiger partial charge in [0.25, 0.3) is 5.91 Å². The molecule has 3 aromatic carbocycles. The Morgan fingerprint density at radius 2 is 1.90 bits per heavy atom. The van der Waals surface area contributed by atoms with Gasteiger partial charge in [0.05, 0.1) is 11.5 Å². The highest BCUT2D eigenvalue weighted by molar-refractivity contribution is 6.31. The second-order valence-corrected chi connectivity index (χ2v) is 8.45. The zero-order valence-corrected chi connectivity index (χ0v) is 17.0.